The number of methoxy groups -OCH3 is 2. The van der Waals surface area contributed by atoms with Crippen LogP contribution in [0, 0.1) is 0 Å². The van der Waals surface area contributed by atoms with Gasteiger partial charge < -0.3 is 25.4 Å². The summed E-state index contributed by atoms with van der Waals surface area (Å²) in [6.07, 6.45) is 1.63. The van der Waals surface area contributed by atoms with E-state index in [4.69, 9.17) is 15.2 Å². The van der Waals surface area contributed by atoms with E-state index in [0.717, 1.165) is 25.9 Å². The van der Waals surface area contributed by atoms with E-state index in [-0.39, 0.29) is 12.3 Å². The van der Waals surface area contributed by atoms with Crippen molar-refractivity contribution in [1.82, 2.24) is 10.2 Å². The summed E-state index contributed by atoms with van der Waals surface area (Å²) < 4.78 is 10.2. The first-order chi connectivity index (χ1) is 7.67. The molecule has 0 spiro atoms. The lowest BCUT2D eigenvalue weighted by Crippen LogP contribution is -2.48. The first-order valence-electron chi connectivity index (χ1n) is 5.50. The first-order valence-corrected chi connectivity index (χ1v) is 5.50. The van der Waals surface area contributed by atoms with Gasteiger partial charge in [0.25, 0.3) is 0 Å². The molecule has 1 rings (SSSR count). The van der Waals surface area contributed by atoms with Crippen LogP contribution in [0.3, 0.4) is 0 Å². The monoisotopic (exact) mass is 231 g/mol. The van der Waals surface area contributed by atoms with Gasteiger partial charge in [-0.2, -0.15) is 0 Å². The molecule has 0 bridgehead atoms. The number of nitrogens with one attached hydrogen (secondary N) is 1. The van der Waals surface area contributed by atoms with Crippen LogP contribution in [0.1, 0.15) is 12.8 Å². The molecule has 0 atom stereocenters. The van der Waals surface area contributed by atoms with Crippen LogP contribution >= 0.6 is 0 Å². The number of ether oxygens (including phenoxy) is 2. The molecule has 94 valence electrons. The molecule has 1 aliphatic rings. The Labute approximate surface area is 96.1 Å². The molecule has 0 aliphatic carbocycles. The van der Waals surface area contributed by atoms with E-state index in [1.807, 2.05) is 0 Å². The highest BCUT2D eigenvalue weighted by Gasteiger charge is 2.21. The number of hydrogen-bond acceptors (Lipinski definition) is 4. The van der Waals surface area contributed by atoms with E-state index in [2.05, 4.69) is 5.32 Å². The average Bonchev–Trinajstić information content (AvgIpc) is 2.31. The molecule has 6 nitrogen and oxygen atoms in total. The molecule has 1 aliphatic heterocycles. The number of likely N-dealkylation sites (tertiary alicyclic amines) is 1. The maximum atomic E-state index is 10.9. The number of carbonyl (C=O) groups is 1. The maximum Gasteiger partial charge on any atom is 0.314 e. The molecule has 6 heteroatoms. The Morgan fingerprint density at radius 1 is 1.44 bits per heavy atom. The van der Waals surface area contributed by atoms with Gasteiger partial charge in [-0.3, -0.25) is 0 Å². The number of amides is 2. The fraction of sp³-hybridized carbons (Fsp3) is 0.900. The van der Waals surface area contributed by atoms with Crippen LogP contribution in [0.2, 0.25) is 0 Å². The van der Waals surface area contributed by atoms with E-state index in [1.165, 1.54) is 0 Å². The summed E-state index contributed by atoms with van der Waals surface area (Å²) in [5.74, 6) is 0. The molecule has 0 aromatic heterocycles. The molecular weight excluding hydrogens is 210 g/mol. The van der Waals surface area contributed by atoms with E-state index < -0.39 is 0 Å². The third-order valence-electron chi connectivity index (χ3n) is 2.91. The molecule has 0 aromatic rings. The molecule has 1 fully saturated rings. The van der Waals surface area contributed by atoms with Crippen LogP contribution < -0.4 is 11.1 Å². The number of nitrogens with zero attached hydrogens (tertiary/aromatic N) is 1. The molecule has 0 aromatic carbocycles. The van der Waals surface area contributed by atoms with Gasteiger partial charge in [-0.05, 0) is 12.8 Å². The predicted molar refractivity (Wildman–Crippen MR) is 60.0 cm³/mol. The number of primary amides is 1. The van der Waals surface area contributed by atoms with Gasteiger partial charge in [0.1, 0.15) is 0 Å². The fourth-order valence-corrected chi connectivity index (χ4v) is 1.83. The standard InChI is InChI=1S/C10H21N3O3/c1-15-9(16-2)7-12-8-3-5-13(6-4-8)10(11)14/h8-9,12H,3-7H2,1-2H3,(H2,11,14). The van der Waals surface area contributed by atoms with Crippen LogP contribution in [0.4, 0.5) is 4.79 Å². The zero-order valence-electron chi connectivity index (χ0n) is 9.94. The van der Waals surface area contributed by atoms with Crippen LogP contribution in [-0.4, -0.2) is 57.1 Å². The molecule has 3 N–H and O–H groups in total. The van der Waals surface area contributed by atoms with Crippen LogP contribution in [0.25, 0.3) is 0 Å². The molecule has 2 amide bonds. The second-order valence-corrected chi connectivity index (χ2v) is 3.91. The lowest BCUT2D eigenvalue weighted by atomic mass is 10.1. The molecule has 0 radical (unpaired) electrons. The Hall–Kier alpha value is -0.850. The van der Waals surface area contributed by atoms with Crippen molar-refractivity contribution >= 4 is 6.03 Å². The molecule has 1 heterocycles. The number of piperidine rings is 1. The van der Waals surface area contributed by atoms with Gasteiger partial charge in [-0.1, -0.05) is 0 Å². The summed E-state index contributed by atoms with van der Waals surface area (Å²) in [4.78, 5) is 12.6. The van der Waals surface area contributed by atoms with Crippen molar-refractivity contribution in [2.24, 2.45) is 5.73 Å². The Bertz CT molecular complexity index is 213. The molecular formula is C10H21N3O3. The highest BCUT2D eigenvalue weighted by molar-refractivity contribution is 5.72. The number of rotatable bonds is 5. The smallest absolute Gasteiger partial charge is 0.314 e. The third kappa shape index (κ3) is 3.96. The Morgan fingerprint density at radius 2 is 2.00 bits per heavy atom. The number of carbonyl (C=O) groups excluding carboxylic acids is 1. The quantitative estimate of drug-likeness (QED) is 0.639. The number of hydrogen-bond donors (Lipinski definition) is 2. The maximum absolute atomic E-state index is 10.9. The third-order valence-corrected chi connectivity index (χ3v) is 2.91. The van der Waals surface area contributed by atoms with Gasteiger partial charge in [-0.25, -0.2) is 4.79 Å². The molecule has 16 heavy (non-hydrogen) atoms. The average molecular weight is 231 g/mol. The van der Waals surface area contributed by atoms with Gasteiger partial charge in [0.15, 0.2) is 6.29 Å². The van der Waals surface area contributed by atoms with Gasteiger partial charge in [0, 0.05) is 39.9 Å². The zero-order chi connectivity index (χ0) is 12.0. The van der Waals surface area contributed by atoms with Crippen molar-refractivity contribution in [2.75, 3.05) is 33.9 Å². The summed E-state index contributed by atoms with van der Waals surface area (Å²) in [6, 6.07) is 0.0773. The van der Waals surface area contributed by atoms with Gasteiger partial charge >= 0.3 is 6.03 Å². The van der Waals surface area contributed by atoms with Crippen molar-refractivity contribution in [3.05, 3.63) is 0 Å². The lowest BCUT2D eigenvalue weighted by molar-refractivity contribution is -0.100. The van der Waals surface area contributed by atoms with Gasteiger partial charge in [0.05, 0.1) is 0 Å². The van der Waals surface area contributed by atoms with Crippen LogP contribution in [-0.2, 0) is 9.47 Å². The van der Waals surface area contributed by atoms with Crippen molar-refractivity contribution in [2.45, 2.75) is 25.2 Å². The second kappa shape index (κ2) is 6.67. The molecule has 0 unspecified atom stereocenters. The SMILES string of the molecule is COC(CNC1CCN(C(N)=O)CC1)OC. The van der Waals surface area contributed by atoms with E-state index in [0.29, 0.717) is 12.6 Å². The predicted octanol–water partition coefficient (Wildman–Crippen LogP) is -0.262. The largest absolute Gasteiger partial charge is 0.355 e. The number of urea groups is 1. The van der Waals surface area contributed by atoms with E-state index in [9.17, 15) is 4.79 Å². The van der Waals surface area contributed by atoms with Crippen molar-refractivity contribution in [1.29, 1.82) is 0 Å². The zero-order valence-corrected chi connectivity index (χ0v) is 9.94. The van der Waals surface area contributed by atoms with E-state index >= 15 is 0 Å². The van der Waals surface area contributed by atoms with Gasteiger partial charge in [-0.15, -0.1) is 0 Å². The second-order valence-electron chi connectivity index (χ2n) is 3.91. The Balaban J connectivity index is 2.19. The molecule has 0 saturated carbocycles. The molecule has 1 saturated heterocycles. The Morgan fingerprint density at radius 3 is 2.44 bits per heavy atom. The summed E-state index contributed by atoms with van der Waals surface area (Å²) >= 11 is 0. The first kappa shape index (κ1) is 13.2. The topological polar surface area (TPSA) is 76.8 Å². The minimum atomic E-state index is -0.329. The minimum absolute atomic E-state index is 0.214. The van der Waals surface area contributed by atoms with Crippen molar-refractivity contribution < 1.29 is 14.3 Å². The summed E-state index contributed by atoms with van der Waals surface area (Å²) in [7, 11) is 3.23. The van der Waals surface area contributed by atoms with Crippen molar-refractivity contribution in [3.63, 3.8) is 0 Å². The lowest BCUT2D eigenvalue weighted by Gasteiger charge is -2.31. The number of nitrogens with two attached hydrogens (primary N) is 1. The minimum Gasteiger partial charge on any atom is -0.355 e. The highest BCUT2D eigenvalue weighted by atomic mass is 16.7. The van der Waals surface area contributed by atoms with Crippen LogP contribution in [0.15, 0.2) is 0 Å². The summed E-state index contributed by atoms with van der Waals surface area (Å²) in [5, 5.41) is 3.35. The summed E-state index contributed by atoms with van der Waals surface area (Å²) in [6.45, 7) is 2.10. The highest BCUT2D eigenvalue weighted by Crippen LogP contribution is 2.09. The summed E-state index contributed by atoms with van der Waals surface area (Å²) in [5.41, 5.74) is 5.20. The van der Waals surface area contributed by atoms with Gasteiger partial charge in [0.2, 0.25) is 0 Å². The normalized spacial score (nSPS) is 18.1. The van der Waals surface area contributed by atoms with E-state index in [1.54, 1.807) is 19.1 Å². The Kier molecular flexibility index (Phi) is 5.51. The fourth-order valence-electron chi connectivity index (χ4n) is 1.83. The van der Waals surface area contributed by atoms with Crippen molar-refractivity contribution in [3.8, 4) is 0 Å². The van der Waals surface area contributed by atoms with Crippen LogP contribution in [0.5, 0.6) is 0 Å².